The first kappa shape index (κ1) is 11.9. The third kappa shape index (κ3) is 3.19. The van der Waals surface area contributed by atoms with Crippen LogP contribution >= 0.6 is 0 Å². The zero-order valence-corrected chi connectivity index (χ0v) is 10.2. The number of carbonyl (C=O) groups is 1. The van der Waals surface area contributed by atoms with Crippen molar-refractivity contribution in [1.82, 2.24) is 10.3 Å². The molecule has 1 heterocycles. The molecule has 4 heteroatoms. The first-order valence-corrected chi connectivity index (χ1v) is 6.30. The van der Waals surface area contributed by atoms with Gasteiger partial charge in [0.25, 0.3) is 5.91 Å². The summed E-state index contributed by atoms with van der Waals surface area (Å²) in [5.74, 6) is 0.803. The average Bonchev–Trinajstić information content (AvgIpc) is 2.83. The molecule has 0 bridgehead atoms. The number of nitrogens with zero attached hydrogens (tertiary/aromatic N) is 1. The van der Waals surface area contributed by atoms with Crippen LogP contribution in [0.15, 0.2) is 18.3 Å². The first-order chi connectivity index (χ1) is 8.29. The number of aromatic nitrogens is 1. The molecule has 1 fully saturated rings. The highest BCUT2D eigenvalue weighted by Crippen LogP contribution is 2.18. The SMILES string of the molecule is CCNc1ccc(C(=O)NC2CCCC2)cn1. The van der Waals surface area contributed by atoms with Crippen LogP contribution in [-0.4, -0.2) is 23.5 Å². The quantitative estimate of drug-likeness (QED) is 0.838. The summed E-state index contributed by atoms with van der Waals surface area (Å²) in [5.41, 5.74) is 0.638. The number of hydrogen-bond donors (Lipinski definition) is 2. The molecular weight excluding hydrogens is 214 g/mol. The molecular formula is C13H19N3O. The van der Waals surface area contributed by atoms with Crippen LogP contribution in [0.5, 0.6) is 0 Å². The minimum absolute atomic E-state index is 0.00699. The van der Waals surface area contributed by atoms with Gasteiger partial charge >= 0.3 is 0 Å². The van der Waals surface area contributed by atoms with E-state index in [4.69, 9.17) is 0 Å². The van der Waals surface area contributed by atoms with Gasteiger partial charge in [0.05, 0.1) is 5.56 Å². The molecule has 2 rings (SSSR count). The van der Waals surface area contributed by atoms with Crippen LogP contribution in [0.1, 0.15) is 43.0 Å². The predicted octanol–water partition coefficient (Wildman–Crippen LogP) is 2.19. The van der Waals surface area contributed by atoms with Crippen LogP contribution in [0, 0.1) is 0 Å². The summed E-state index contributed by atoms with van der Waals surface area (Å²) in [7, 11) is 0. The Morgan fingerprint density at radius 2 is 2.18 bits per heavy atom. The molecule has 0 aliphatic heterocycles. The predicted molar refractivity (Wildman–Crippen MR) is 68.1 cm³/mol. The van der Waals surface area contributed by atoms with Gasteiger partial charge in [0.15, 0.2) is 0 Å². The minimum Gasteiger partial charge on any atom is -0.370 e. The van der Waals surface area contributed by atoms with Crippen LogP contribution < -0.4 is 10.6 Å². The van der Waals surface area contributed by atoms with Gasteiger partial charge in [0.2, 0.25) is 0 Å². The molecule has 4 nitrogen and oxygen atoms in total. The standard InChI is InChI=1S/C13H19N3O/c1-2-14-12-8-7-10(9-15-12)13(17)16-11-5-3-4-6-11/h7-9,11H,2-6H2,1H3,(H,14,15)(H,16,17). The molecule has 92 valence electrons. The smallest absolute Gasteiger partial charge is 0.253 e. The lowest BCUT2D eigenvalue weighted by molar-refractivity contribution is 0.0937. The lowest BCUT2D eigenvalue weighted by Crippen LogP contribution is -2.32. The lowest BCUT2D eigenvalue weighted by atomic mass is 10.2. The normalized spacial score (nSPS) is 15.8. The Morgan fingerprint density at radius 1 is 1.41 bits per heavy atom. The maximum absolute atomic E-state index is 11.9. The van der Waals surface area contributed by atoms with Crippen molar-refractivity contribution in [2.24, 2.45) is 0 Å². The van der Waals surface area contributed by atoms with Crippen molar-refractivity contribution in [1.29, 1.82) is 0 Å². The highest BCUT2D eigenvalue weighted by atomic mass is 16.1. The summed E-state index contributed by atoms with van der Waals surface area (Å²) >= 11 is 0. The first-order valence-electron chi connectivity index (χ1n) is 6.30. The van der Waals surface area contributed by atoms with E-state index in [1.807, 2.05) is 19.1 Å². The van der Waals surface area contributed by atoms with Gasteiger partial charge in [-0.1, -0.05) is 12.8 Å². The highest BCUT2D eigenvalue weighted by Gasteiger charge is 2.17. The molecule has 0 aromatic carbocycles. The second-order valence-corrected chi connectivity index (χ2v) is 4.42. The van der Waals surface area contributed by atoms with E-state index in [-0.39, 0.29) is 5.91 Å². The molecule has 1 aromatic rings. The third-order valence-corrected chi connectivity index (χ3v) is 3.07. The van der Waals surface area contributed by atoms with Gasteiger partial charge in [0.1, 0.15) is 5.82 Å². The Balaban J connectivity index is 1.93. The van der Waals surface area contributed by atoms with E-state index in [0.717, 1.165) is 25.2 Å². The van der Waals surface area contributed by atoms with Gasteiger partial charge in [-0.25, -0.2) is 4.98 Å². The van der Waals surface area contributed by atoms with Gasteiger partial charge in [-0.05, 0) is 31.9 Å². The van der Waals surface area contributed by atoms with E-state index in [1.165, 1.54) is 12.8 Å². The van der Waals surface area contributed by atoms with Crippen LogP contribution in [0.3, 0.4) is 0 Å². The van der Waals surface area contributed by atoms with Crippen molar-refractivity contribution in [3.63, 3.8) is 0 Å². The third-order valence-electron chi connectivity index (χ3n) is 3.07. The summed E-state index contributed by atoms with van der Waals surface area (Å²) < 4.78 is 0. The van der Waals surface area contributed by atoms with Crippen LogP contribution in [0.25, 0.3) is 0 Å². The summed E-state index contributed by atoms with van der Waals surface area (Å²) in [6.45, 7) is 2.85. The zero-order valence-electron chi connectivity index (χ0n) is 10.2. The number of rotatable bonds is 4. The number of anilines is 1. The molecule has 1 aromatic heterocycles. The largest absolute Gasteiger partial charge is 0.370 e. The van der Waals surface area contributed by atoms with Crippen molar-refractivity contribution in [2.75, 3.05) is 11.9 Å². The lowest BCUT2D eigenvalue weighted by Gasteiger charge is -2.11. The van der Waals surface area contributed by atoms with Crippen molar-refractivity contribution >= 4 is 11.7 Å². The van der Waals surface area contributed by atoms with E-state index in [2.05, 4.69) is 15.6 Å². The molecule has 1 amide bonds. The summed E-state index contributed by atoms with van der Waals surface area (Å²) in [6.07, 6.45) is 6.29. The van der Waals surface area contributed by atoms with Crippen molar-refractivity contribution in [3.8, 4) is 0 Å². The second-order valence-electron chi connectivity index (χ2n) is 4.42. The average molecular weight is 233 g/mol. The van der Waals surface area contributed by atoms with E-state index >= 15 is 0 Å². The molecule has 0 spiro atoms. The van der Waals surface area contributed by atoms with Gasteiger partial charge in [-0.3, -0.25) is 4.79 Å². The summed E-state index contributed by atoms with van der Waals surface area (Å²) in [6, 6.07) is 4.01. The number of nitrogens with one attached hydrogen (secondary N) is 2. The Morgan fingerprint density at radius 3 is 2.76 bits per heavy atom. The van der Waals surface area contributed by atoms with Gasteiger partial charge in [-0.2, -0.15) is 0 Å². The molecule has 1 aliphatic carbocycles. The molecule has 17 heavy (non-hydrogen) atoms. The van der Waals surface area contributed by atoms with Crippen LogP contribution in [0.2, 0.25) is 0 Å². The minimum atomic E-state index is -0.00699. The molecule has 0 atom stereocenters. The molecule has 1 aliphatic rings. The van der Waals surface area contributed by atoms with Crippen molar-refractivity contribution in [3.05, 3.63) is 23.9 Å². The monoisotopic (exact) mass is 233 g/mol. The summed E-state index contributed by atoms with van der Waals surface area (Å²) in [4.78, 5) is 16.1. The van der Waals surface area contributed by atoms with Crippen LogP contribution in [-0.2, 0) is 0 Å². The maximum atomic E-state index is 11.9. The van der Waals surface area contributed by atoms with E-state index in [1.54, 1.807) is 6.20 Å². The molecule has 0 saturated heterocycles. The van der Waals surface area contributed by atoms with E-state index < -0.39 is 0 Å². The van der Waals surface area contributed by atoms with E-state index in [9.17, 15) is 4.79 Å². The Kier molecular flexibility index (Phi) is 3.96. The topological polar surface area (TPSA) is 54.0 Å². The fourth-order valence-corrected chi connectivity index (χ4v) is 2.15. The molecule has 0 radical (unpaired) electrons. The maximum Gasteiger partial charge on any atom is 0.253 e. The van der Waals surface area contributed by atoms with Crippen molar-refractivity contribution in [2.45, 2.75) is 38.6 Å². The fourth-order valence-electron chi connectivity index (χ4n) is 2.15. The molecule has 1 saturated carbocycles. The summed E-state index contributed by atoms with van der Waals surface area (Å²) in [5, 5.41) is 6.15. The van der Waals surface area contributed by atoms with Gasteiger partial charge < -0.3 is 10.6 Å². The number of carbonyl (C=O) groups excluding carboxylic acids is 1. The second kappa shape index (κ2) is 5.66. The Labute approximate surface area is 102 Å². The van der Waals surface area contributed by atoms with Crippen molar-refractivity contribution < 1.29 is 4.79 Å². The van der Waals surface area contributed by atoms with Gasteiger partial charge in [0, 0.05) is 18.8 Å². The molecule has 0 unspecified atom stereocenters. The molecule has 2 N–H and O–H groups in total. The highest BCUT2D eigenvalue weighted by molar-refractivity contribution is 5.94. The fraction of sp³-hybridized carbons (Fsp3) is 0.538. The number of hydrogen-bond acceptors (Lipinski definition) is 3. The Hall–Kier alpha value is -1.58. The number of amides is 1. The van der Waals surface area contributed by atoms with E-state index in [0.29, 0.717) is 11.6 Å². The Bertz CT molecular complexity index is 369. The zero-order chi connectivity index (χ0) is 12.1. The van der Waals surface area contributed by atoms with Crippen LogP contribution in [0.4, 0.5) is 5.82 Å². The number of pyridine rings is 1. The van der Waals surface area contributed by atoms with Gasteiger partial charge in [-0.15, -0.1) is 0 Å².